The number of hydrogen-bond acceptors (Lipinski definition) is 4. The summed E-state index contributed by atoms with van der Waals surface area (Å²) in [5, 5.41) is 0. The third-order valence-corrected chi connectivity index (χ3v) is 4.60. The molecule has 0 bridgehead atoms. The average molecular weight is 296 g/mol. The first-order valence-corrected chi connectivity index (χ1v) is 8.28. The molecule has 2 aliphatic heterocycles. The molecule has 0 aromatic rings. The molecule has 5 nitrogen and oxygen atoms in total. The molecule has 1 unspecified atom stereocenters. The highest BCUT2D eigenvalue weighted by atomic mass is 16.5. The standard InChI is InChI=1S/C16H28N2O3/c1-21-16(20)14-12-15(19)18(13-14)11-7-6-10-17-8-4-2-3-5-9-17/h14H,2-13H2,1H3. The van der Waals surface area contributed by atoms with E-state index in [2.05, 4.69) is 4.90 Å². The molecule has 0 saturated carbocycles. The zero-order valence-electron chi connectivity index (χ0n) is 13.2. The first-order valence-electron chi connectivity index (χ1n) is 8.28. The number of nitrogens with zero attached hydrogens (tertiary/aromatic N) is 2. The molecule has 0 radical (unpaired) electrons. The number of amides is 1. The summed E-state index contributed by atoms with van der Waals surface area (Å²) in [4.78, 5) is 27.7. The lowest BCUT2D eigenvalue weighted by atomic mass is 10.1. The van der Waals surface area contributed by atoms with Crippen LogP contribution in [0, 0.1) is 5.92 Å². The SMILES string of the molecule is COC(=O)C1CC(=O)N(CCCCN2CCCCCC2)C1. The van der Waals surface area contributed by atoms with Crippen LogP contribution in [0.2, 0.25) is 0 Å². The fraction of sp³-hybridized carbons (Fsp3) is 0.875. The molecule has 0 N–H and O–H groups in total. The number of rotatable bonds is 6. The summed E-state index contributed by atoms with van der Waals surface area (Å²) in [6, 6.07) is 0. The van der Waals surface area contributed by atoms with Gasteiger partial charge in [-0.1, -0.05) is 12.8 Å². The van der Waals surface area contributed by atoms with E-state index in [1.165, 1.54) is 45.9 Å². The van der Waals surface area contributed by atoms with Gasteiger partial charge in [0.2, 0.25) is 5.91 Å². The van der Waals surface area contributed by atoms with Crippen molar-refractivity contribution in [1.82, 2.24) is 9.80 Å². The highest BCUT2D eigenvalue weighted by molar-refractivity contribution is 5.86. The first-order chi connectivity index (χ1) is 10.2. The monoisotopic (exact) mass is 296 g/mol. The Morgan fingerprint density at radius 3 is 2.48 bits per heavy atom. The number of likely N-dealkylation sites (tertiary alicyclic amines) is 2. The summed E-state index contributed by atoms with van der Waals surface area (Å²) in [6.07, 6.45) is 7.86. The third kappa shape index (κ3) is 4.99. The van der Waals surface area contributed by atoms with Crippen LogP contribution in [0.1, 0.15) is 44.9 Å². The van der Waals surface area contributed by atoms with Crippen molar-refractivity contribution >= 4 is 11.9 Å². The Kier molecular flexibility index (Phi) is 6.49. The van der Waals surface area contributed by atoms with E-state index in [1.54, 1.807) is 0 Å². The van der Waals surface area contributed by atoms with Crippen LogP contribution in [0.5, 0.6) is 0 Å². The van der Waals surface area contributed by atoms with Crippen LogP contribution in [0.3, 0.4) is 0 Å². The fourth-order valence-electron chi connectivity index (χ4n) is 3.31. The smallest absolute Gasteiger partial charge is 0.310 e. The minimum absolute atomic E-state index is 0.0974. The van der Waals surface area contributed by atoms with Crippen molar-refractivity contribution in [3.8, 4) is 0 Å². The van der Waals surface area contributed by atoms with E-state index in [9.17, 15) is 9.59 Å². The van der Waals surface area contributed by atoms with Gasteiger partial charge in [0.25, 0.3) is 0 Å². The normalized spacial score (nSPS) is 24.1. The molecule has 2 fully saturated rings. The van der Waals surface area contributed by atoms with Gasteiger partial charge in [0.1, 0.15) is 0 Å². The van der Waals surface area contributed by atoms with E-state index in [1.807, 2.05) is 4.90 Å². The summed E-state index contributed by atoms with van der Waals surface area (Å²) < 4.78 is 4.72. The lowest BCUT2D eigenvalue weighted by Gasteiger charge is -2.21. The molecule has 0 aromatic heterocycles. The van der Waals surface area contributed by atoms with Gasteiger partial charge in [-0.05, 0) is 45.3 Å². The van der Waals surface area contributed by atoms with Crippen LogP contribution in [0.25, 0.3) is 0 Å². The van der Waals surface area contributed by atoms with Gasteiger partial charge >= 0.3 is 5.97 Å². The lowest BCUT2D eigenvalue weighted by molar-refractivity contribution is -0.145. The van der Waals surface area contributed by atoms with Crippen LogP contribution in [-0.2, 0) is 14.3 Å². The topological polar surface area (TPSA) is 49.9 Å². The maximum Gasteiger partial charge on any atom is 0.310 e. The van der Waals surface area contributed by atoms with E-state index in [0.717, 1.165) is 25.9 Å². The van der Waals surface area contributed by atoms with E-state index in [0.29, 0.717) is 13.0 Å². The van der Waals surface area contributed by atoms with Crippen molar-refractivity contribution in [3.63, 3.8) is 0 Å². The van der Waals surface area contributed by atoms with Crippen LogP contribution in [0.15, 0.2) is 0 Å². The van der Waals surface area contributed by atoms with E-state index in [4.69, 9.17) is 4.74 Å². The molecular formula is C16H28N2O3. The maximum atomic E-state index is 11.9. The van der Waals surface area contributed by atoms with Crippen LogP contribution < -0.4 is 0 Å². The minimum atomic E-state index is -0.256. The van der Waals surface area contributed by atoms with Gasteiger partial charge in [-0.25, -0.2) is 0 Å². The summed E-state index contributed by atoms with van der Waals surface area (Å²) in [7, 11) is 1.39. The van der Waals surface area contributed by atoms with Crippen molar-refractivity contribution in [2.75, 3.05) is 39.8 Å². The molecule has 0 aromatic carbocycles. The number of unbranched alkanes of at least 4 members (excludes halogenated alkanes) is 1. The molecule has 2 heterocycles. The second kappa shape index (κ2) is 8.37. The van der Waals surface area contributed by atoms with Crippen molar-refractivity contribution in [3.05, 3.63) is 0 Å². The van der Waals surface area contributed by atoms with E-state index >= 15 is 0 Å². The van der Waals surface area contributed by atoms with Gasteiger partial charge < -0.3 is 14.5 Å². The summed E-state index contributed by atoms with van der Waals surface area (Å²) in [5.41, 5.74) is 0. The first kappa shape index (κ1) is 16.3. The van der Waals surface area contributed by atoms with Gasteiger partial charge in [0, 0.05) is 19.5 Å². The molecule has 1 atom stereocenters. The summed E-state index contributed by atoms with van der Waals surface area (Å²) >= 11 is 0. The van der Waals surface area contributed by atoms with Gasteiger partial charge in [-0.2, -0.15) is 0 Å². The van der Waals surface area contributed by atoms with Gasteiger partial charge in [-0.3, -0.25) is 9.59 Å². The Morgan fingerprint density at radius 1 is 1.14 bits per heavy atom. The van der Waals surface area contributed by atoms with Gasteiger partial charge in [0.15, 0.2) is 0 Å². The predicted molar refractivity (Wildman–Crippen MR) is 80.8 cm³/mol. The Balaban J connectivity index is 1.62. The molecule has 21 heavy (non-hydrogen) atoms. The minimum Gasteiger partial charge on any atom is -0.469 e. The number of hydrogen-bond donors (Lipinski definition) is 0. The van der Waals surface area contributed by atoms with Crippen molar-refractivity contribution < 1.29 is 14.3 Å². The van der Waals surface area contributed by atoms with Crippen molar-refractivity contribution in [1.29, 1.82) is 0 Å². The number of ether oxygens (including phenoxy) is 1. The van der Waals surface area contributed by atoms with Crippen LogP contribution >= 0.6 is 0 Å². The molecule has 5 heteroatoms. The predicted octanol–water partition coefficient (Wildman–Crippen LogP) is 1.66. The molecule has 2 rings (SSSR count). The van der Waals surface area contributed by atoms with Gasteiger partial charge in [0.05, 0.1) is 13.0 Å². The molecule has 0 spiro atoms. The average Bonchev–Trinajstić information content (AvgIpc) is 2.70. The molecule has 2 saturated heterocycles. The maximum absolute atomic E-state index is 11.9. The van der Waals surface area contributed by atoms with Crippen LogP contribution in [0.4, 0.5) is 0 Å². The van der Waals surface area contributed by atoms with Crippen molar-refractivity contribution in [2.45, 2.75) is 44.9 Å². The quantitative estimate of drug-likeness (QED) is 0.552. The molecular weight excluding hydrogens is 268 g/mol. The fourth-order valence-corrected chi connectivity index (χ4v) is 3.31. The number of methoxy groups -OCH3 is 1. The molecule has 1 amide bonds. The molecule has 2 aliphatic rings. The zero-order chi connectivity index (χ0) is 15.1. The highest BCUT2D eigenvalue weighted by Gasteiger charge is 2.34. The van der Waals surface area contributed by atoms with E-state index < -0.39 is 0 Å². The van der Waals surface area contributed by atoms with E-state index in [-0.39, 0.29) is 17.8 Å². The second-order valence-corrected chi connectivity index (χ2v) is 6.23. The molecule has 120 valence electrons. The second-order valence-electron chi connectivity index (χ2n) is 6.23. The Morgan fingerprint density at radius 2 is 1.81 bits per heavy atom. The highest BCUT2D eigenvalue weighted by Crippen LogP contribution is 2.19. The largest absolute Gasteiger partial charge is 0.469 e. The number of esters is 1. The van der Waals surface area contributed by atoms with Crippen LogP contribution in [-0.4, -0.2) is 61.5 Å². The molecule has 0 aliphatic carbocycles. The Hall–Kier alpha value is -1.10. The van der Waals surface area contributed by atoms with Crippen molar-refractivity contribution in [2.24, 2.45) is 5.92 Å². The number of carbonyl (C=O) groups is 2. The van der Waals surface area contributed by atoms with Gasteiger partial charge in [-0.15, -0.1) is 0 Å². The number of carbonyl (C=O) groups excluding carboxylic acids is 2. The Bertz CT molecular complexity index is 351. The summed E-state index contributed by atoms with van der Waals surface area (Å²) in [5.74, 6) is -0.413. The zero-order valence-corrected chi connectivity index (χ0v) is 13.2. The summed E-state index contributed by atoms with van der Waals surface area (Å²) in [6.45, 7) is 4.91. The Labute approximate surface area is 127 Å². The lowest BCUT2D eigenvalue weighted by Crippen LogP contribution is -2.29. The third-order valence-electron chi connectivity index (χ3n) is 4.60.